The molecule has 0 aromatic heterocycles. The number of amides is 2. The van der Waals surface area contributed by atoms with Crippen molar-refractivity contribution < 1.29 is 19.1 Å². The monoisotopic (exact) mass is 280 g/mol. The van der Waals surface area contributed by atoms with Crippen LogP contribution in [-0.4, -0.2) is 38.4 Å². The lowest BCUT2D eigenvalue weighted by Gasteiger charge is -2.11. The number of anilines is 1. The third-order valence-corrected chi connectivity index (χ3v) is 2.41. The lowest BCUT2D eigenvalue weighted by Crippen LogP contribution is -2.32. The van der Waals surface area contributed by atoms with Crippen molar-refractivity contribution in [3.63, 3.8) is 0 Å². The van der Waals surface area contributed by atoms with Crippen LogP contribution < -0.4 is 10.6 Å². The van der Waals surface area contributed by atoms with E-state index in [1.54, 1.807) is 31.2 Å². The smallest absolute Gasteiger partial charge is 0.340 e. The van der Waals surface area contributed by atoms with Crippen molar-refractivity contribution in [2.24, 2.45) is 0 Å². The van der Waals surface area contributed by atoms with Crippen molar-refractivity contribution in [2.45, 2.75) is 13.8 Å². The summed E-state index contributed by atoms with van der Waals surface area (Å²) in [4.78, 5) is 23.4. The first-order chi connectivity index (χ1) is 9.69. The summed E-state index contributed by atoms with van der Waals surface area (Å²) in [6, 6.07) is 6.31. The van der Waals surface area contributed by atoms with Gasteiger partial charge in [-0.05, 0) is 26.0 Å². The number of ether oxygens (including phenoxy) is 2. The number of nitrogens with one attached hydrogen (secondary N) is 2. The van der Waals surface area contributed by atoms with Crippen LogP contribution in [0.25, 0.3) is 0 Å². The Kier molecular flexibility index (Phi) is 7.13. The van der Waals surface area contributed by atoms with Crippen LogP contribution in [0.4, 0.5) is 10.5 Å². The van der Waals surface area contributed by atoms with Gasteiger partial charge in [0.05, 0.1) is 24.5 Å². The first kappa shape index (κ1) is 16.0. The highest BCUT2D eigenvalue weighted by Gasteiger charge is 2.13. The topological polar surface area (TPSA) is 76.7 Å². The highest BCUT2D eigenvalue weighted by molar-refractivity contribution is 6.00. The maximum Gasteiger partial charge on any atom is 0.340 e. The first-order valence-electron chi connectivity index (χ1n) is 6.57. The van der Waals surface area contributed by atoms with Gasteiger partial charge in [-0.1, -0.05) is 12.1 Å². The predicted molar refractivity (Wildman–Crippen MR) is 75.9 cm³/mol. The molecule has 0 saturated heterocycles. The minimum atomic E-state index is -0.460. The highest BCUT2D eigenvalue weighted by atomic mass is 16.5. The number of urea groups is 1. The van der Waals surface area contributed by atoms with E-state index < -0.39 is 5.97 Å². The van der Waals surface area contributed by atoms with Gasteiger partial charge >= 0.3 is 12.0 Å². The Hall–Kier alpha value is -2.08. The van der Waals surface area contributed by atoms with E-state index in [9.17, 15) is 9.59 Å². The third-order valence-electron chi connectivity index (χ3n) is 2.41. The molecule has 0 saturated carbocycles. The van der Waals surface area contributed by atoms with E-state index in [-0.39, 0.29) is 12.6 Å². The molecule has 0 aliphatic heterocycles. The number of hydrogen-bond acceptors (Lipinski definition) is 4. The summed E-state index contributed by atoms with van der Waals surface area (Å²) in [5, 5.41) is 5.26. The minimum absolute atomic E-state index is 0.285. The van der Waals surface area contributed by atoms with E-state index in [2.05, 4.69) is 10.6 Å². The summed E-state index contributed by atoms with van der Waals surface area (Å²) in [5.41, 5.74) is 0.745. The van der Waals surface area contributed by atoms with Crippen LogP contribution in [0.3, 0.4) is 0 Å². The Morgan fingerprint density at radius 2 is 1.90 bits per heavy atom. The van der Waals surface area contributed by atoms with Gasteiger partial charge in [0, 0.05) is 13.2 Å². The van der Waals surface area contributed by atoms with Crippen molar-refractivity contribution in [3.8, 4) is 0 Å². The largest absolute Gasteiger partial charge is 0.462 e. The van der Waals surface area contributed by atoms with Gasteiger partial charge in [0.15, 0.2) is 0 Å². The summed E-state index contributed by atoms with van der Waals surface area (Å²) >= 11 is 0. The van der Waals surface area contributed by atoms with Gasteiger partial charge in [-0.15, -0.1) is 0 Å². The van der Waals surface area contributed by atoms with E-state index in [0.29, 0.717) is 31.0 Å². The van der Waals surface area contributed by atoms with E-state index in [4.69, 9.17) is 9.47 Å². The normalized spacial score (nSPS) is 9.90. The second-order valence-corrected chi connectivity index (χ2v) is 3.84. The molecule has 0 unspecified atom stereocenters. The number of carbonyl (C=O) groups excluding carboxylic acids is 2. The summed E-state index contributed by atoms with van der Waals surface area (Å²) in [6.45, 7) is 5.36. The predicted octanol–water partition coefficient (Wildman–Crippen LogP) is 2.02. The fraction of sp³-hybridized carbons (Fsp3) is 0.429. The lowest BCUT2D eigenvalue weighted by atomic mass is 10.2. The Labute approximate surface area is 118 Å². The summed E-state index contributed by atoms with van der Waals surface area (Å²) in [7, 11) is 0. The SMILES string of the molecule is CCOCCNC(=O)Nc1ccccc1C(=O)OCC. The number of hydrogen-bond donors (Lipinski definition) is 2. The second-order valence-electron chi connectivity index (χ2n) is 3.84. The Bertz CT molecular complexity index is 449. The standard InChI is InChI=1S/C14H20N2O4/c1-3-19-10-9-15-14(18)16-12-8-6-5-7-11(12)13(17)20-4-2/h5-8H,3-4,9-10H2,1-2H3,(H2,15,16,18). The third kappa shape index (κ3) is 5.27. The van der Waals surface area contributed by atoms with Crippen molar-refractivity contribution in [1.82, 2.24) is 5.32 Å². The minimum Gasteiger partial charge on any atom is -0.462 e. The average Bonchev–Trinajstić information content (AvgIpc) is 2.44. The molecule has 0 aliphatic carbocycles. The second kappa shape index (κ2) is 8.92. The molecule has 110 valence electrons. The molecule has 0 atom stereocenters. The summed E-state index contributed by atoms with van der Waals surface area (Å²) < 4.78 is 10.0. The Morgan fingerprint density at radius 1 is 1.15 bits per heavy atom. The molecule has 0 heterocycles. The van der Waals surface area contributed by atoms with Crippen LogP contribution in [0.5, 0.6) is 0 Å². The van der Waals surface area contributed by atoms with Gasteiger partial charge in [0.1, 0.15) is 0 Å². The molecule has 6 nitrogen and oxygen atoms in total. The quantitative estimate of drug-likeness (QED) is 0.592. The summed E-state index contributed by atoms with van der Waals surface area (Å²) in [6.07, 6.45) is 0. The fourth-order valence-corrected chi connectivity index (χ4v) is 1.53. The molecule has 1 rings (SSSR count). The van der Waals surface area contributed by atoms with Gasteiger partial charge in [-0.3, -0.25) is 0 Å². The molecule has 6 heteroatoms. The average molecular weight is 280 g/mol. The highest BCUT2D eigenvalue weighted by Crippen LogP contribution is 2.15. The van der Waals surface area contributed by atoms with Gasteiger partial charge in [-0.2, -0.15) is 0 Å². The molecule has 0 aliphatic rings. The number of para-hydroxylation sites is 1. The zero-order chi connectivity index (χ0) is 14.8. The van der Waals surface area contributed by atoms with Crippen molar-refractivity contribution in [1.29, 1.82) is 0 Å². The maximum atomic E-state index is 11.7. The molecular weight excluding hydrogens is 260 g/mol. The van der Waals surface area contributed by atoms with Gasteiger partial charge < -0.3 is 20.1 Å². The van der Waals surface area contributed by atoms with E-state index in [0.717, 1.165) is 0 Å². The number of benzene rings is 1. The van der Waals surface area contributed by atoms with Crippen LogP contribution >= 0.6 is 0 Å². The van der Waals surface area contributed by atoms with Crippen molar-refractivity contribution in [2.75, 3.05) is 31.7 Å². The van der Waals surface area contributed by atoms with Crippen LogP contribution in [0, 0.1) is 0 Å². The molecule has 2 N–H and O–H groups in total. The Morgan fingerprint density at radius 3 is 2.60 bits per heavy atom. The van der Waals surface area contributed by atoms with Crippen molar-refractivity contribution in [3.05, 3.63) is 29.8 Å². The van der Waals surface area contributed by atoms with Crippen molar-refractivity contribution >= 4 is 17.7 Å². The molecule has 2 amide bonds. The van der Waals surface area contributed by atoms with E-state index >= 15 is 0 Å². The van der Waals surface area contributed by atoms with Crippen LogP contribution in [0.15, 0.2) is 24.3 Å². The van der Waals surface area contributed by atoms with Gasteiger partial charge in [0.25, 0.3) is 0 Å². The van der Waals surface area contributed by atoms with Crippen LogP contribution in [0.1, 0.15) is 24.2 Å². The van der Waals surface area contributed by atoms with Gasteiger partial charge in [0.2, 0.25) is 0 Å². The molecule has 1 aromatic rings. The zero-order valence-corrected chi connectivity index (χ0v) is 11.8. The van der Waals surface area contributed by atoms with Gasteiger partial charge in [-0.25, -0.2) is 9.59 Å². The van der Waals surface area contributed by atoms with E-state index in [1.807, 2.05) is 6.92 Å². The number of carbonyl (C=O) groups is 2. The molecule has 0 fully saturated rings. The molecule has 0 spiro atoms. The number of rotatable bonds is 7. The first-order valence-corrected chi connectivity index (χ1v) is 6.57. The molecular formula is C14H20N2O4. The lowest BCUT2D eigenvalue weighted by molar-refractivity contribution is 0.0527. The van der Waals surface area contributed by atoms with Crippen LogP contribution in [-0.2, 0) is 9.47 Å². The maximum absolute atomic E-state index is 11.7. The zero-order valence-electron chi connectivity index (χ0n) is 11.8. The van der Waals surface area contributed by atoms with E-state index in [1.165, 1.54) is 0 Å². The fourth-order valence-electron chi connectivity index (χ4n) is 1.53. The molecule has 20 heavy (non-hydrogen) atoms. The Balaban J connectivity index is 2.58. The molecule has 1 aromatic carbocycles. The van der Waals surface area contributed by atoms with Crippen LogP contribution in [0.2, 0.25) is 0 Å². The summed E-state index contributed by atoms with van der Waals surface area (Å²) in [5.74, 6) is -0.460. The number of esters is 1. The molecule has 0 bridgehead atoms. The molecule has 0 radical (unpaired) electrons.